The van der Waals surface area contributed by atoms with Crippen LogP contribution in [0, 0.1) is 0 Å². The molecule has 0 spiro atoms. The fourth-order valence-electron chi connectivity index (χ4n) is 3.14. The highest BCUT2D eigenvalue weighted by molar-refractivity contribution is 5.70. The number of methoxy groups -OCH3 is 1. The Balaban J connectivity index is 1.56. The molecule has 0 saturated carbocycles. The summed E-state index contributed by atoms with van der Waals surface area (Å²) >= 11 is 0. The van der Waals surface area contributed by atoms with E-state index in [2.05, 4.69) is 5.32 Å². The summed E-state index contributed by atoms with van der Waals surface area (Å²) in [6, 6.07) is 9.26. The zero-order valence-electron chi connectivity index (χ0n) is 12.0. The smallest absolute Gasteiger partial charge is 0.408 e. The lowest BCUT2D eigenvalue weighted by molar-refractivity contribution is -0.334. The molecular weight excluding hydrogens is 290 g/mol. The molecule has 3 fully saturated rings. The summed E-state index contributed by atoms with van der Waals surface area (Å²) in [6.07, 6.45) is -2.73. The Morgan fingerprint density at radius 2 is 2.00 bits per heavy atom. The molecule has 6 atom stereocenters. The molecule has 118 valence electrons. The summed E-state index contributed by atoms with van der Waals surface area (Å²) in [5, 5.41) is 2.71. The fraction of sp³-hybridized carbons (Fsp3) is 0.533. The van der Waals surface area contributed by atoms with Crippen LogP contribution in [0.3, 0.4) is 0 Å². The van der Waals surface area contributed by atoms with Crippen molar-refractivity contribution in [3.8, 4) is 0 Å². The minimum Gasteiger partial charge on any atom is -0.441 e. The normalized spacial score (nSPS) is 40.3. The van der Waals surface area contributed by atoms with Gasteiger partial charge in [-0.3, -0.25) is 0 Å². The van der Waals surface area contributed by atoms with Gasteiger partial charge in [0.15, 0.2) is 18.7 Å². The first-order valence-corrected chi connectivity index (χ1v) is 7.23. The highest BCUT2D eigenvalue weighted by atomic mass is 16.8. The molecule has 0 aliphatic carbocycles. The maximum absolute atomic E-state index is 11.6. The summed E-state index contributed by atoms with van der Waals surface area (Å²) < 4.78 is 28.2. The van der Waals surface area contributed by atoms with Gasteiger partial charge in [-0.1, -0.05) is 30.3 Å². The third-order valence-electron chi connectivity index (χ3n) is 4.17. The summed E-state index contributed by atoms with van der Waals surface area (Å²) in [6.45, 7) is 0.352. The summed E-state index contributed by atoms with van der Waals surface area (Å²) in [5.41, 5.74) is 0.920. The predicted octanol–water partition coefficient (Wildman–Crippen LogP) is 0.949. The second-order valence-electron chi connectivity index (χ2n) is 5.50. The first-order chi connectivity index (χ1) is 10.8. The van der Waals surface area contributed by atoms with E-state index in [0.717, 1.165) is 5.56 Å². The molecule has 7 nitrogen and oxygen atoms in total. The molecule has 1 amide bonds. The van der Waals surface area contributed by atoms with Gasteiger partial charge in [0.2, 0.25) is 0 Å². The molecule has 0 aromatic heterocycles. The van der Waals surface area contributed by atoms with Crippen molar-refractivity contribution in [1.29, 1.82) is 0 Å². The van der Waals surface area contributed by atoms with Crippen LogP contribution in [-0.2, 0) is 23.7 Å². The minimum atomic E-state index is -0.571. The molecule has 4 rings (SSSR count). The lowest BCUT2D eigenvalue weighted by Crippen LogP contribution is -2.62. The number of hydrogen-bond donors (Lipinski definition) is 1. The molecule has 0 bridgehead atoms. The molecule has 3 saturated heterocycles. The monoisotopic (exact) mass is 307 g/mol. The molecule has 3 aliphatic heterocycles. The van der Waals surface area contributed by atoms with Crippen molar-refractivity contribution in [3.63, 3.8) is 0 Å². The Morgan fingerprint density at radius 1 is 1.18 bits per heavy atom. The summed E-state index contributed by atoms with van der Waals surface area (Å²) in [5.74, 6) is 0. The summed E-state index contributed by atoms with van der Waals surface area (Å²) in [7, 11) is 1.53. The maximum atomic E-state index is 11.6. The van der Waals surface area contributed by atoms with Gasteiger partial charge in [0.1, 0.15) is 18.2 Å². The van der Waals surface area contributed by atoms with E-state index in [-0.39, 0.29) is 12.1 Å². The van der Waals surface area contributed by atoms with Crippen LogP contribution >= 0.6 is 0 Å². The zero-order chi connectivity index (χ0) is 15.1. The first-order valence-electron chi connectivity index (χ1n) is 7.23. The third-order valence-corrected chi connectivity index (χ3v) is 4.17. The van der Waals surface area contributed by atoms with Crippen molar-refractivity contribution in [3.05, 3.63) is 35.9 Å². The lowest BCUT2D eigenvalue weighted by atomic mass is 9.96. The number of ether oxygens (including phenoxy) is 5. The van der Waals surface area contributed by atoms with Gasteiger partial charge in [-0.15, -0.1) is 0 Å². The molecule has 7 heteroatoms. The number of carbonyl (C=O) groups is 1. The van der Waals surface area contributed by atoms with Crippen LogP contribution in [-0.4, -0.2) is 50.5 Å². The highest BCUT2D eigenvalue weighted by Gasteiger charge is 2.55. The highest BCUT2D eigenvalue weighted by Crippen LogP contribution is 2.36. The molecule has 1 aromatic carbocycles. The van der Waals surface area contributed by atoms with Gasteiger partial charge in [-0.05, 0) is 0 Å². The molecule has 0 radical (unpaired) electrons. The van der Waals surface area contributed by atoms with E-state index in [1.807, 2.05) is 30.3 Å². The zero-order valence-corrected chi connectivity index (χ0v) is 12.0. The number of nitrogens with one attached hydrogen (secondary N) is 1. The number of rotatable bonds is 2. The molecular formula is C15H17NO6. The van der Waals surface area contributed by atoms with E-state index in [4.69, 9.17) is 23.7 Å². The van der Waals surface area contributed by atoms with Crippen LogP contribution in [0.5, 0.6) is 0 Å². The van der Waals surface area contributed by atoms with Gasteiger partial charge in [0.05, 0.1) is 6.61 Å². The van der Waals surface area contributed by atoms with E-state index in [0.29, 0.717) is 6.61 Å². The number of benzene rings is 1. The van der Waals surface area contributed by atoms with Gasteiger partial charge in [0, 0.05) is 12.7 Å². The van der Waals surface area contributed by atoms with Crippen molar-refractivity contribution < 1.29 is 28.5 Å². The third kappa shape index (κ3) is 2.26. The summed E-state index contributed by atoms with van der Waals surface area (Å²) in [4.78, 5) is 11.6. The van der Waals surface area contributed by atoms with Crippen LogP contribution in [0.15, 0.2) is 30.3 Å². The van der Waals surface area contributed by atoms with Gasteiger partial charge in [-0.2, -0.15) is 0 Å². The molecule has 1 unspecified atom stereocenters. The number of fused-ring (bicyclic) bond motifs is 3. The van der Waals surface area contributed by atoms with Crippen molar-refractivity contribution in [2.24, 2.45) is 0 Å². The number of alkyl carbamates (subject to hydrolysis) is 1. The molecule has 3 heterocycles. The quantitative estimate of drug-likeness (QED) is 0.877. The SMILES string of the molecule is CO[C@H]1O[C@@H]2COC(c3ccccc3)O[C@H]2[C@@H]2OC(=O)N[C@@H]12. The van der Waals surface area contributed by atoms with E-state index in [1.165, 1.54) is 7.11 Å². The number of hydrogen-bond acceptors (Lipinski definition) is 6. The average molecular weight is 307 g/mol. The van der Waals surface area contributed by atoms with E-state index in [9.17, 15) is 4.79 Å². The first kappa shape index (κ1) is 14.0. The van der Waals surface area contributed by atoms with Crippen LogP contribution < -0.4 is 5.32 Å². The van der Waals surface area contributed by atoms with E-state index < -0.39 is 30.9 Å². The Kier molecular flexibility index (Phi) is 3.50. The second kappa shape index (κ2) is 5.51. The maximum Gasteiger partial charge on any atom is 0.408 e. The molecule has 3 aliphatic rings. The predicted molar refractivity (Wildman–Crippen MR) is 72.9 cm³/mol. The van der Waals surface area contributed by atoms with Crippen molar-refractivity contribution in [1.82, 2.24) is 5.32 Å². The standard InChI is InChI=1S/C15H17NO6/c1-18-14-10-12(22-15(17)16-10)11-9(20-14)7-19-13(21-11)8-5-3-2-4-6-8/h2-6,9-14H,7H2,1H3,(H,16,17)/t9-,10-,11-,12-,13?,14+/m1/s1. The Hall–Kier alpha value is -1.67. The number of amides is 1. The van der Waals surface area contributed by atoms with Crippen LogP contribution in [0.4, 0.5) is 4.79 Å². The van der Waals surface area contributed by atoms with Gasteiger partial charge in [0.25, 0.3) is 0 Å². The van der Waals surface area contributed by atoms with Crippen molar-refractivity contribution in [2.45, 2.75) is 36.9 Å². The molecule has 1 N–H and O–H groups in total. The van der Waals surface area contributed by atoms with Crippen molar-refractivity contribution in [2.75, 3.05) is 13.7 Å². The minimum absolute atomic E-state index is 0.334. The Morgan fingerprint density at radius 3 is 2.77 bits per heavy atom. The largest absolute Gasteiger partial charge is 0.441 e. The molecule has 1 aromatic rings. The molecule has 22 heavy (non-hydrogen) atoms. The van der Waals surface area contributed by atoms with Gasteiger partial charge < -0.3 is 29.0 Å². The Bertz CT molecular complexity index is 552. The fourth-order valence-corrected chi connectivity index (χ4v) is 3.14. The lowest BCUT2D eigenvalue weighted by Gasteiger charge is -2.45. The van der Waals surface area contributed by atoms with Crippen LogP contribution in [0.1, 0.15) is 11.9 Å². The Labute approximate surface area is 127 Å². The van der Waals surface area contributed by atoms with E-state index in [1.54, 1.807) is 0 Å². The number of carbonyl (C=O) groups excluding carboxylic acids is 1. The van der Waals surface area contributed by atoms with Crippen molar-refractivity contribution >= 4 is 6.09 Å². The average Bonchev–Trinajstić information content (AvgIpc) is 2.96. The van der Waals surface area contributed by atoms with Gasteiger partial charge >= 0.3 is 6.09 Å². The topological polar surface area (TPSA) is 75.2 Å². The van der Waals surface area contributed by atoms with E-state index >= 15 is 0 Å². The second-order valence-corrected chi connectivity index (χ2v) is 5.50. The van der Waals surface area contributed by atoms with Crippen LogP contribution in [0.25, 0.3) is 0 Å². The van der Waals surface area contributed by atoms with Crippen LogP contribution in [0.2, 0.25) is 0 Å². The van der Waals surface area contributed by atoms with Gasteiger partial charge in [-0.25, -0.2) is 4.79 Å².